The van der Waals surface area contributed by atoms with Gasteiger partial charge in [-0.2, -0.15) is 5.26 Å². The molecule has 0 spiro atoms. The lowest BCUT2D eigenvalue weighted by Gasteiger charge is -2.42. The normalized spacial score (nSPS) is 28.1. The van der Waals surface area contributed by atoms with Crippen LogP contribution in [0.3, 0.4) is 0 Å². The first kappa shape index (κ1) is 16.5. The summed E-state index contributed by atoms with van der Waals surface area (Å²) < 4.78 is 0. The third-order valence-corrected chi connectivity index (χ3v) is 4.13. The summed E-state index contributed by atoms with van der Waals surface area (Å²) >= 11 is 0. The predicted molar refractivity (Wildman–Crippen MR) is 80.9 cm³/mol. The molecule has 1 fully saturated rings. The summed E-state index contributed by atoms with van der Waals surface area (Å²) in [6.45, 7) is 11.4. The Morgan fingerprint density at radius 1 is 1.26 bits per heavy atom. The first-order chi connectivity index (χ1) is 8.92. The monoisotopic (exact) mass is 265 g/mol. The van der Waals surface area contributed by atoms with Crippen LogP contribution in [0.1, 0.15) is 53.4 Å². The van der Waals surface area contributed by atoms with E-state index in [2.05, 4.69) is 44.0 Å². The Bertz CT molecular complexity index is 296. The smallest absolute Gasteiger partial charge is 0.108 e. The van der Waals surface area contributed by atoms with Crippen molar-refractivity contribution in [3.63, 3.8) is 0 Å². The van der Waals surface area contributed by atoms with E-state index in [1.807, 2.05) is 7.05 Å². The van der Waals surface area contributed by atoms with Crippen molar-refractivity contribution in [2.24, 2.45) is 11.8 Å². The first-order valence-electron chi connectivity index (χ1n) is 7.76. The van der Waals surface area contributed by atoms with Gasteiger partial charge >= 0.3 is 0 Å². The van der Waals surface area contributed by atoms with E-state index in [1.165, 1.54) is 6.42 Å². The average Bonchev–Trinajstić information content (AvgIpc) is 2.37. The van der Waals surface area contributed by atoms with Crippen LogP contribution in [0, 0.1) is 23.2 Å². The Labute approximate surface area is 119 Å². The molecule has 110 valence electrons. The molecule has 2 atom stereocenters. The predicted octanol–water partition coefficient (Wildman–Crippen LogP) is 3.02. The van der Waals surface area contributed by atoms with Crippen molar-refractivity contribution in [1.82, 2.24) is 10.2 Å². The third kappa shape index (κ3) is 4.78. The van der Waals surface area contributed by atoms with Gasteiger partial charge in [0, 0.05) is 19.1 Å². The van der Waals surface area contributed by atoms with Crippen LogP contribution in [-0.4, -0.2) is 36.6 Å². The van der Waals surface area contributed by atoms with Crippen LogP contribution in [0.5, 0.6) is 0 Å². The second kappa shape index (κ2) is 7.26. The molecule has 0 aromatic heterocycles. The van der Waals surface area contributed by atoms with Crippen molar-refractivity contribution in [1.29, 1.82) is 5.26 Å². The van der Waals surface area contributed by atoms with E-state index >= 15 is 0 Å². The molecule has 0 radical (unpaired) electrons. The van der Waals surface area contributed by atoms with Crippen molar-refractivity contribution < 1.29 is 0 Å². The molecule has 1 aliphatic rings. The molecule has 1 aliphatic carbocycles. The molecule has 1 rings (SSSR count). The molecule has 3 nitrogen and oxygen atoms in total. The summed E-state index contributed by atoms with van der Waals surface area (Å²) in [7, 11) is 1.93. The van der Waals surface area contributed by atoms with Crippen molar-refractivity contribution in [3.05, 3.63) is 0 Å². The van der Waals surface area contributed by atoms with Crippen LogP contribution in [0.2, 0.25) is 0 Å². The average molecular weight is 265 g/mol. The summed E-state index contributed by atoms with van der Waals surface area (Å²) in [5.74, 6) is 1.37. The van der Waals surface area contributed by atoms with Gasteiger partial charge < -0.3 is 5.32 Å². The standard InChI is InChI=1S/C16H31N3/c1-13(2)10-19(11-14(3)4)15-7-6-8-16(9-15,12-17)18-5/h13-15,18H,6-11H2,1-5H3. The highest BCUT2D eigenvalue weighted by molar-refractivity contribution is 5.10. The van der Waals surface area contributed by atoms with Crippen molar-refractivity contribution in [3.8, 4) is 6.07 Å². The highest BCUT2D eigenvalue weighted by Gasteiger charge is 2.37. The Morgan fingerprint density at radius 3 is 2.26 bits per heavy atom. The fourth-order valence-electron chi connectivity index (χ4n) is 3.25. The largest absolute Gasteiger partial charge is 0.302 e. The van der Waals surface area contributed by atoms with Crippen LogP contribution >= 0.6 is 0 Å². The molecule has 1 saturated carbocycles. The number of hydrogen-bond donors (Lipinski definition) is 1. The topological polar surface area (TPSA) is 39.1 Å². The lowest BCUT2D eigenvalue weighted by Crippen LogP contribution is -2.52. The van der Waals surface area contributed by atoms with E-state index in [1.54, 1.807) is 0 Å². The van der Waals surface area contributed by atoms with Gasteiger partial charge in [-0.1, -0.05) is 27.7 Å². The van der Waals surface area contributed by atoms with Gasteiger partial charge in [0.1, 0.15) is 5.54 Å². The number of nitriles is 1. The van der Waals surface area contributed by atoms with Crippen molar-refractivity contribution in [2.75, 3.05) is 20.1 Å². The minimum Gasteiger partial charge on any atom is -0.302 e. The maximum Gasteiger partial charge on any atom is 0.108 e. The van der Waals surface area contributed by atoms with Gasteiger partial charge in [0.2, 0.25) is 0 Å². The molecular formula is C16H31N3. The molecule has 19 heavy (non-hydrogen) atoms. The highest BCUT2D eigenvalue weighted by Crippen LogP contribution is 2.31. The van der Waals surface area contributed by atoms with Crippen molar-refractivity contribution >= 4 is 0 Å². The lowest BCUT2D eigenvalue weighted by molar-refractivity contribution is 0.0988. The molecular weight excluding hydrogens is 234 g/mol. The lowest BCUT2D eigenvalue weighted by atomic mass is 9.79. The zero-order valence-corrected chi connectivity index (χ0v) is 13.4. The van der Waals surface area contributed by atoms with E-state index in [0.717, 1.165) is 32.4 Å². The summed E-state index contributed by atoms with van der Waals surface area (Å²) in [4.78, 5) is 2.62. The second-order valence-electron chi connectivity index (χ2n) is 6.94. The summed E-state index contributed by atoms with van der Waals surface area (Å²) in [5, 5.41) is 12.7. The molecule has 0 aromatic carbocycles. The number of nitrogens with zero attached hydrogens (tertiary/aromatic N) is 2. The maximum atomic E-state index is 9.47. The van der Waals surface area contributed by atoms with Crippen LogP contribution in [-0.2, 0) is 0 Å². The number of hydrogen-bond acceptors (Lipinski definition) is 3. The van der Waals surface area contributed by atoms with E-state index in [-0.39, 0.29) is 5.54 Å². The van der Waals surface area contributed by atoms with E-state index < -0.39 is 0 Å². The van der Waals surface area contributed by atoms with Gasteiger partial charge in [-0.25, -0.2) is 0 Å². The maximum absolute atomic E-state index is 9.47. The highest BCUT2D eigenvalue weighted by atomic mass is 15.2. The van der Waals surface area contributed by atoms with Gasteiger partial charge in [-0.15, -0.1) is 0 Å². The molecule has 0 heterocycles. The molecule has 0 saturated heterocycles. The molecule has 2 unspecified atom stereocenters. The first-order valence-corrected chi connectivity index (χ1v) is 7.76. The zero-order valence-electron chi connectivity index (χ0n) is 13.4. The molecule has 0 aliphatic heterocycles. The Kier molecular flexibility index (Phi) is 6.29. The Balaban J connectivity index is 2.75. The SMILES string of the molecule is CNC1(C#N)CCCC(N(CC(C)C)CC(C)C)C1. The van der Waals surface area contributed by atoms with Gasteiger partial charge in [0.25, 0.3) is 0 Å². The van der Waals surface area contributed by atoms with Gasteiger partial charge in [-0.3, -0.25) is 4.90 Å². The molecule has 0 aromatic rings. The van der Waals surface area contributed by atoms with Crippen LogP contribution in [0.4, 0.5) is 0 Å². The second-order valence-corrected chi connectivity index (χ2v) is 6.94. The molecule has 1 N–H and O–H groups in total. The summed E-state index contributed by atoms with van der Waals surface area (Å²) in [5.41, 5.74) is -0.297. The minimum atomic E-state index is -0.297. The van der Waals surface area contributed by atoms with Gasteiger partial charge in [0.15, 0.2) is 0 Å². The van der Waals surface area contributed by atoms with Crippen molar-refractivity contribution in [2.45, 2.75) is 65.0 Å². The molecule has 0 bridgehead atoms. The Hall–Kier alpha value is -0.590. The van der Waals surface area contributed by atoms with Crippen LogP contribution < -0.4 is 5.32 Å². The quantitative estimate of drug-likeness (QED) is 0.802. The van der Waals surface area contributed by atoms with E-state index in [0.29, 0.717) is 17.9 Å². The summed E-state index contributed by atoms with van der Waals surface area (Å²) in [6.07, 6.45) is 4.36. The third-order valence-electron chi connectivity index (χ3n) is 4.13. The fraction of sp³-hybridized carbons (Fsp3) is 0.938. The van der Waals surface area contributed by atoms with Crippen LogP contribution in [0.25, 0.3) is 0 Å². The number of nitrogens with one attached hydrogen (secondary N) is 1. The summed E-state index contributed by atoms with van der Waals surface area (Å²) in [6, 6.07) is 3.08. The van der Waals surface area contributed by atoms with E-state index in [9.17, 15) is 5.26 Å². The zero-order chi connectivity index (χ0) is 14.5. The van der Waals surface area contributed by atoms with Crippen LogP contribution in [0.15, 0.2) is 0 Å². The fourth-order valence-corrected chi connectivity index (χ4v) is 3.25. The minimum absolute atomic E-state index is 0.297. The van der Waals surface area contributed by atoms with E-state index in [4.69, 9.17) is 0 Å². The molecule has 3 heteroatoms. The van der Waals surface area contributed by atoms with Gasteiger partial charge in [0.05, 0.1) is 6.07 Å². The molecule has 0 amide bonds. The Morgan fingerprint density at radius 2 is 1.84 bits per heavy atom. The number of rotatable bonds is 6. The van der Waals surface area contributed by atoms with Gasteiger partial charge in [-0.05, 0) is 44.6 Å².